The topological polar surface area (TPSA) is 56.4 Å². The molecule has 0 N–H and O–H groups in total. The maximum Gasteiger partial charge on any atom is 0.276 e. The van der Waals surface area contributed by atoms with Crippen molar-refractivity contribution in [3.05, 3.63) is 35.0 Å². The molecule has 2 aromatic rings. The van der Waals surface area contributed by atoms with Crippen molar-refractivity contribution in [3.63, 3.8) is 0 Å². The molecule has 0 amide bonds. The van der Waals surface area contributed by atoms with Gasteiger partial charge in [-0.25, -0.2) is 4.52 Å². The normalized spacial score (nSPS) is 10.7. The van der Waals surface area contributed by atoms with Gasteiger partial charge in [-0.05, 0) is 6.07 Å². The van der Waals surface area contributed by atoms with E-state index in [0.717, 1.165) is 0 Å². The highest BCUT2D eigenvalue weighted by Gasteiger charge is 2.05. The van der Waals surface area contributed by atoms with Crippen molar-refractivity contribution in [1.29, 1.82) is 0 Å². The maximum atomic E-state index is 11.8. The maximum absolute atomic E-state index is 11.8. The van der Waals surface area contributed by atoms with Gasteiger partial charge in [0.2, 0.25) is 0 Å². The van der Waals surface area contributed by atoms with E-state index in [1.807, 2.05) is 0 Å². The first-order valence-electron chi connectivity index (χ1n) is 4.77. The van der Waals surface area contributed by atoms with Crippen molar-refractivity contribution in [2.45, 2.75) is 19.9 Å². The molecule has 78 valence electrons. The van der Waals surface area contributed by atoms with Crippen LogP contribution in [0.3, 0.4) is 0 Å². The minimum Gasteiger partial charge on any atom is -0.305 e. The van der Waals surface area contributed by atoms with Gasteiger partial charge in [-0.3, -0.25) is 9.59 Å². The Bertz CT molecular complexity index is 553. The Morgan fingerprint density at radius 1 is 1.47 bits per heavy atom. The lowest BCUT2D eigenvalue weighted by molar-refractivity contribution is -0.119. The summed E-state index contributed by atoms with van der Waals surface area (Å²) in [4.78, 5) is 23.0. The molecule has 0 spiro atoms. The van der Waals surface area contributed by atoms with Crippen LogP contribution in [-0.2, 0) is 11.3 Å². The van der Waals surface area contributed by atoms with E-state index in [1.165, 1.54) is 9.08 Å². The van der Waals surface area contributed by atoms with E-state index in [0.29, 0.717) is 11.9 Å². The second kappa shape index (κ2) is 3.68. The monoisotopic (exact) mass is 205 g/mol. The van der Waals surface area contributed by atoms with E-state index in [2.05, 4.69) is 5.10 Å². The molecular weight excluding hydrogens is 194 g/mol. The Balaban J connectivity index is 2.48. The number of hydrogen-bond donors (Lipinski definition) is 0. The molecule has 2 heterocycles. The molecule has 0 fully saturated rings. The minimum absolute atomic E-state index is 0.0426. The summed E-state index contributed by atoms with van der Waals surface area (Å²) in [6.45, 7) is 1.92. The molecule has 0 saturated heterocycles. The molecule has 0 aliphatic rings. The highest BCUT2D eigenvalue weighted by atomic mass is 16.1. The number of fused-ring (bicyclic) bond motifs is 1. The first-order valence-corrected chi connectivity index (χ1v) is 4.77. The summed E-state index contributed by atoms with van der Waals surface area (Å²) in [7, 11) is 0. The Hall–Kier alpha value is -1.91. The summed E-state index contributed by atoms with van der Waals surface area (Å²) in [5.41, 5.74) is 0.304. The van der Waals surface area contributed by atoms with Gasteiger partial charge in [0.15, 0.2) is 5.78 Å². The standard InChI is InChI=1S/C10H11N3O2/c1-2-8(14)7-12-5-6-13-9(10(12)15)3-4-11-13/h3-6H,2,7H2,1H3. The Morgan fingerprint density at radius 2 is 2.27 bits per heavy atom. The van der Waals surface area contributed by atoms with Crippen molar-refractivity contribution in [2.75, 3.05) is 0 Å². The molecule has 0 atom stereocenters. The Morgan fingerprint density at radius 3 is 3.00 bits per heavy atom. The summed E-state index contributed by atoms with van der Waals surface area (Å²) in [5.74, 6) is 0.0426. The van der Waals surface area contributed by atoms with Gasteiger partial charge in [0.25, 0.3) is 5.56 Å². The molecule has 0 aromatic carbocycles. The molecule has 5 nitrogen and oxygen atoms in total. The molecule has 0 radical (unpaired) electrons. The third kappa shape index (κ3) is 1.68. The largest absolute Gasteiger partial charge is 0.305 e. The quantitative estimate of drug-likeness (QED) is 0.732. The van der Waals surface area contributed by atoms with Gasteiger partial charge in [0.05, 0.1) is 12.7 Å². The van der Waals surface area contributed by atoms with Crippen molar-refractivity contribution < 1.29 is 4.79 Å². The van der Waals surface area contributed by atoms with Crippen LogP contribution < -0.4 is 5.56 Å². The zero-order chi connectivity index (χ0) is 10.8. The number of Topliss-reactive ketones (excluding diaryl/α,β-unsaturated/α-hetero) is 1. The number of aromatic nitrogens is 3. The molecule has 0 aliphatic heterocycles. The van der Waals surface area contributed by atoms with Crippen LogP contribution in [0.25, 0.3) is 5.52 Å². The Labute approximate surface area is 86.0 Å². The average molecular weight is 205 g/mol. The van der Waals surface area contributed by atoms with Crippen molar-refractivity contribution in [3.8, 4) is 0 Å². The van der Waals surface area contributed by atoms with E-state index in [1.54, 1.807) is 31.6 Å². The zero-order valence-corrected chi connectivity index (χ0v) is 8.38. The smallest absolute Gasteiger partial charge is 0.276 e. The average Bonchev–Trinajstić information content (AvgIpc) is 2.70. The lowest BCUT2D eigenvalue weighted by Crippen LogP contribution is -2.24. The van der Waals surface area contributed by atoms with Crippen molar-refractivity contribution in [2.24, 2.45) is 0 Å². The number of carbonyl (C=O) groups excluding carboxylic acids is 1. The van der Waals surface area contributed by atoms with Gasteiger partial charge in [-0.1, -0.05) is 6.92 Å². The summed E-state index contributed by atoms with van der Waals surface area (Å²) in [6.07, 6.45) is 5.25. The molecule has 0 unspecified atom stereocenters. The van der Waals surface area contributed by atoms with Crippen LogP contribution in [-0.4, -0.2) is 20.0 Å². The number of nitrogens with zero attached hydrogens (tertiary/aromatic N) is 3. The number of rotatable bonds is 3. The number of carbonyl (C=O) groups is 1. The highest BCUT2D eigenvalue weighted by molar-refractivity contribution is 5.77. The molecular formula is C10H11N3O2. The fourth-order valence-electron chi connectivity index (χ4n) is 1.39. The van der Waals surface area contributed by atoms with Gasteiger partial charge in [-0.15, -0.1) is 0 Å². The Kier molecular flexibility index (Phi) is 2.37. The van der Waals surface area contributed by atoms with Crippen LogP contribution in [0, 0.1) is 0 Å². The zero-order valence-electron chi connectivity index (χ0n) is 8.38. The van der Waals surface area contributed by atoms with Crippen LogP contribution in [0.1, 0.15) is 13.3 Å². The summed E-state index contributed by atoms with van der Waals surface area (Å²) in [6, 6.07) is 1.63. The van der Waals surface area contributed by atoms with Crippen LogP contribution in [0.5, 0.6) is 0 Å². The molecule has 2 rings (SSSR count). The van der Waals surface area contributed by atoms with E-state index < -0.39 is 0 Å². The summed E-state index contributed by atoms with van der Waals surface area (Å²) in [5, 5.41) is 3.94. The molecule has 0 bridgehead atoms. The SMILES string of the molecule is CCC(=O)Cn1ccn2nccc2c1=O. The second-order valence-electron chi connectivity index (χ2n) is 3.28. The van der Waals surface area contributed by atoms with Gasteiger partial charge in [-0.2, -0.15) is 5.10 Å². The fourth-order valence-corrected chi connectivity index (χ4v) is 1.39. The van der Waals surface area contributed by atoms with Crippen molar-refractivity contribution in [1.82, 2.24) is 14.2 Å². The van der Waals surface area contributed by atoms with Gasteiger partial charge >= 0.3 is 0 Å². The predicted octanol–water partition coefficient (Wildman–Crippen LogP) is 0.475. The highest BCUT2D eigenvalue weighted by Crippen LogP contribution is 1.95. The first kappa shape index (κ1) is 9.64. The van der Waals surface area contributed by atoms with E-state index in [9.17, 15) is 9.59 Å². The van der Waals surface area contributed by atoms with Crippen LogP contribution in [0.15, 0.2) is 29.5 Å². The predicted molar refractivity (Wildman–Crippen MR) is 54.8 cm³/mol. The first-order chi connectivity index (χ1) is 7.22. The van der Waals surface area contributed by atoms with Crippen LogP contribution in [0.2, 0.25) is 0 Å². The van der Waals surface area contributed by atoms with E-state index in [-0.39, 0.29) is 17.9 Å². The van der Waals surface area contributed by atoms with E-state index >= 15 is 0 Å². The van der Waals surface area contributed by atoms with Gasteiger partial charge in [0, 0.05) is 18.8 Å². The van der Waals surface area contributed by atoms with Gasteiger partial charge < -0.3 is 4.57 Å². The van der Waals surface area contributed by atoms with Crippen LogP contribution in [0.4, 0.5) is 0 Å². The third-order valence-electron chi connectivity index (χ3n) is 2.28. The second-order valence-corrected chi connectivity index (χ2v) is 3.28. The minimum atomic E-state index is -0.184. The van der Waals surface area contributed by atoms with E-state index in [4.69, 9.17) is 0 Å². The molecule has 0 saturated carbocycles. The lowest BCUT2D eigenvalue weighted by Gasteiger charge is -2.03. The summed E-state index contributed by atoms with van der Waals surface area (Å²) < 4.78 is 2.90. The lowest BCUT2D eigenvalue weighted by atomic mass is 10.3. The molecule has 2 aromatic heterocycles. The third-order valence-corrected chi connectivity index (χ3v) is 2.28. The summed E-state index contributed by atoms with van der Waals surface area (Å²) >= 11 is 0. The molecule has 5 heteroatoms. The van der Waals surface area contributed by atoms with Crippen LogP contribution >= 0.6 is 0 Å². The van der Waals surface area contributed by atoms with Crippen molar-refractivity contribution >= 4 is 11.3 Å². The molecule has 0 aliphatic carbocycles. The number of ketones is 1. The molecule has 15 heavy (non-hydrogen) atoms. The fraction of sp³-hybridized carbons (Fsp3) is 0.300. The number of hydrogen-bond acceptors (Lipinski definition) is 3. The van der Waals surface area contributed by atoms with Gasteiger partial charge in [0.1, 0.15) is 5.52 Å².